The molecule has 2 aliphatic rings. The third-order valence-corrected chi connectivity index (χ3v) is 5.12. The summed E-state index contributed by atoms with van der Waals surface area (Å²) in [6.07, 6.45) is 6.19. The van der Waals surface area contributed by atoms with Crippen LogP contribution in [-0.2, 0) is 16.0 Å². The smallest absolute Gasteiger partial charge is 0.251 e. The number of hydrogen-bond donors (Lipinski definition) is 0. The Balaban J connectivity index is 1.73. The van der Waals surface area contributed by atoms with Crippen LogP contribution in [0.2, 0.25) is 0 Å². The van der Waals surface area contributed by atoms with Gasteiger partial charge in [-0.3, -0.25) is 4.79 Å². The first-order valence-corrected chi connectivity index (χ1v) is 8.68. The van der Waals surface area contributed by atoms with E-state index in [2.05, 4.69) is 18.2 Å². The number of ether oxygens (including phenoxy) is 2. The summed E-state index contributed by atoms with van der Waals surface area (Å²) in [7, 11) is 0. The van der Waals surface area contributed by atoms with Crippen LogP contribution in [0.4, 0.5) is 0 Å². The molecule has 1 saturated heterocycles. The van der Waals surface area contributed by atoms with Crippen molar-refractivity contribution >= 4 is 10.9 Å². The molecule has 0 atom stereocenters. The summed E-state index contributed by atoms with van der Waals surface area (Å²) >= 11 is 0. The topological polar surface area (TPSA) is 40.5 Å². The Labute approximate surface area is 136 Å². The zero-order chi connectivity index (χ0) is 15.6. The van der Waals surface area contributed by atoms with E-state index in [1.54, 1.807) is 10.6 Å². The van der Waals surface area contributed by atoms with Crippen LogP contribution < -0.4 is 5.56 Å². The first-order valence-electron chi connectivity index (χ1n) is 8.68. The Morgan fingerprint density at radius 1 is 1.00 bits per heavy atom. The van der Waals surface area contributed by atoms with Gasteiger partial charge in [-0.1, -0.05) is 31.4 Å². The number of rotatable bonds is 3. The van der Waals surface area contributed by atoms with Crippen molar-refractivity contribution in [1.82, 2.24) is 4.57 Å². The highest BCUT2D eigenvalue weighted by Gasteiger charge is 2.19. The Morgan fingerprint density at radius 2 is 1.74 bits per heavy atom. The van der Waals surface area contributed by atoms with E-state index in [4.69, 9.17) is 9.47 Å². The molecule has 0 bridgehead atoms. The number of pyridine rings is 1. The van der Waals surface area contributed by atoms with Crippen LogP contribution in [-0.4, -0.2) is 24.1 Å². The lowest BCUT2D eigenvalue weighted by molar-refractivity contribution is -0.0522. The van der Waals surface area contributed by atoms with Gasteiger partial charge in [0.25, 0.3) is 5.56 Å². The molecule has 0 amide bonds. The van der Waals surface area contributed by atoms with Crippen molar-refractivity contribution in [3.63, 3.8) is 0 Å². The minimum atomic E-state index is -0.309. The molecule has 4 rings (SSSR count). The van der Waals surface area contributed by atoms with Gasteiger partial charge in [0.05, 0.1) is 25.3 Å². The van der Waals surface area contributed by atoms with Gasteiger partial charge in [-0.05, 0) is 41.8 Å². The molecule has 0 N–H and O–H groups in total. The lowest BCUT2D eigenvalue weighted by Crippen LogP contribution is -2.27. The van der Waals surface area contributed by atoms with E-state index >= 15 is 0 Å². The van der Waals surface area contributed by atoms with E-state index in [0.29, 0.717) is 25.7 Å². The molecule has 1 aliphatic carbocycles. The molecule has 0 spiro atoms. The van der Waals surface area contributed by atoms with Gasteiger partial charge in [-0.2, -0.15) is 0 Å². The van der Waals surface area contributed by atoms with Gasteiger partial charge in [0, 0.05) is 6.07 Å². The van der Waals surface area contributed by atoms with Crippen LogP contribution in [0.1, 0.15) is 43.6 Å². The van der Waals surface area contributed by atoms with Crippen molar-refractivity contribution in [2.24, 2.45) is 0 Å². The van der Waals surface area contributed by atoms with Crippen LogP contribution in [0.15, 0.2) is 35.1 Å². The van der Waals surface area contributed by atoms with E-state index in [1.807, 2.05) is 6.07 Å². The van der Waals surface area contributed by atoms with Crippen LogP contribution in [0, 0.1) is 0 Å². The largest absolute Gasteiger partial charge is 0.348 e. The first kappa shape index (κ1) is 14.9. The fraction of sp³-hybridized carbons (Fsp3) is 0.526. The highest BCUT2D eigenvalue weighted by molar-refractivity contribution is 5.79. The standard InChI is InChI=1S/C19H23NO3/c21-18-9-8-15-6-7-16(14-4-2-1-3-5-14)12-17(15)20(18)13-19-22-10-11-23-19/h6-9,12,14,19H,1-5,10-11,13H2. The number of fused-ring (bicyclic) bond motifs is 1. The van der Waals surface area contributed by atoms with Crippen molar-refractivity contribution in [3.05, 3.63) is 46.2 Å². The normalized spacial score (nSPS) is 20.3. The minimum absolute atomic E-state index is 0.0115. The molecule has 23 heavy (non-hydrogen) atoms. The molecule has 0 unspecified atom stereocenters. The fourth-order valence-electron chi connectivity index (χ4n) is 3.85. The zero-order valence-electron chi connectivity index (χ0n) is 13.4. The molecule has 122 valence electrons. The van der Waals surface area contributed by atoms with E-state index in [9.17, 15) is 4.79 Å². The molecule has 1 aromatic carbocycles. The van der Waals surface area contributed by atoms with Crippen LogP contribution in [0.3, 0.4) is 0 Å². The van der Waals surface area contributed by atoms with Gasteiger partial charge in [-0.15, -0.1) is 0 Å². The summed E-state index contributed by atoms with van der Waals surface area (Å²) in [5, 5.41) is 1.10. The third-order valence-electron chi connectivity index (χ3n) is 5.12. The Morgan fingerprint density at radius 3 is 2.52 bits per heavy atom. The van der Waals surface area contributed by atoms with E-state index in [-0.39, 0.29) is 11.8 Å². The molecule has 0 radical (unpaired) electrons. The average molecular weight is 313 g/mol. The van der Waals surface area contributed by atoms with Gasteiger partial charge >= 0.3 is 0 Å². The van der Waals surface area contributed by atoms with Crippen LogP contribution in [0.25, 0.3) is 10.9 Å². The van der Waals surface area contributed by atoms with Crippen LogP contribution in [0.5, 0.6) is 0 Å². The van der Waals surface area contributed by atoms with E-state index < -0.39 is 0 Å². The SMILES string of the molecule is O=c1ccc2ccc(C3CCCCC3)cc2n1CC1OCCO1. The Bertz CT molecular complexity index is 740. The predicted molar refractivity (Wildman–Crippen MR) is 89.7 cm³/mol. The molecule has 1 aliphatic heterocycles. The lowest BCUT2D eigenvalue weighted by atomic mass is 9.84. The summed E-state index contributed by atoms with van der Waals surface area (Å²) in [6, 6.07) is 10.1. The monoisotopic (exact) mass is 313 g/mol. The third kappa shape index (κ3) is 3.06. The van der Waals surface area contributed by atoms with Gasteiger partial charge < -0.3 is 14.0 Å². The van der Waals surface area contributed by atoms with Gasteiger partial charge in [0.2, 0.25) is 0 Å². The summed E-state index contributed by atoms with van der Waals surface area (Å²) in [6.45, 7) is 1.68. The summed E-state index contributed by atoms with van der Waals surface area (Å²) in [5.41, 5.74) is 2.38. The van der Waals surface area contributed by atoms with Gasteiger partial charge in [0.15, 0.2) is 6.29 Å². The fourth-order valence-corrected chi connectivity index (χ4v) is 3.85. The number of benzene rings is 1. The van der Waals surface area contributed by atoms with Gasteiger partial charge in [-0.25, -0.2) is 0 Å². The first-order chi connectivity index (χ1) is 11.3. The second kappa shape index (κ2) is 6.46. The predicted octanol–water partition coefficient (Wildman–Crippen LogP) is 3.42. The molecular weight excluding hydrogens is 290 g/mol. The summed E-state index contributed by atoms with van der Waals surface area (Å²) in [5.74, 6) is 0.635. The molecule has 2 aromatic rings. The van der Waals surface area contributed by atoms with Crippen molar-refractivity contribution in [3.8, 4) is 0 Å². The number of hydrogen-bond acceptors (Lipinski definition) is 3. The second-order valence-corrected chi connectivity index (χ2v) is 6.61. The summed E-state index contributed by atoms with van der Waals surface area (Å²) in [4.78, 5) is 12.4. The second-order valence-electron chi connectivity index (χ2n) is 6.61. The Kier molecular flexibility index (Phi) is 4.19. The molecule has 2 heterocycles. The van der Waals surface area contributed by atoms with Crippen molar-refractivity contribution < 1.29 is 9.47 Å². The Hall–Kier alpha value is -1.65. The maximum atomic E-state index is 12.4. The zero-order valence-corrected chi connectivity index (χ0v) is 13.4. The van der Waals surface area contributed by atoms with Crippen molar-refractivity contribution in [1.29, 1.82) is 0 Å². The molecule has 1 saturated carbocycles. The highest BCUT2D eigenvalue weighted by atomic mass is 16.7. The summed E-state index contributed by atoms with van der Waals surface area (Å²) < 4.78 is 12.9. The molecule has 4 heteroatoms. The van der Waals surface area contributed by atoms with Crippen LogP contribution >= 0.6 is 0 Å². The molecular formula is C19H23NO3. The molecule has 4 nitrogen and oxygen atoms in total. The highest BCUT2D eigenvalue weighted by Crippen LogP contribution is 2.33. The van der Waals surface area contributed by atoms with E-state index in [0.717, 1.165) is 10.9 Å². The van der Waals surface area contributed by atoms with Crippen molar-refractivity contribution in [2.75, 3.05) is 13.2 Å². The number of aromatic nitrogens is 1. The number of nitrogens with zero attached hydrogens (tertiary/aromatic N) is 1. The van der Waals surface area contributed by atoms with Crippen molar-refractivity contribution in [2.45, 2.75) is 50.9 Å². The minimum Gasteiger partial charge on any atom is -0.348 e. The quantitative estimate of drug-likeness (QED) is 0.872. The maximum absolute atomic E-state index is 12.4. The van der Waals surface area contributed by atoms with Gasteiger partial charge in [0.1, 0.15) is 0 Å². The molecule has 2 fully saturated rings. The maximum Gasteiger partial charge on any atom is 0.251 e. The van der Waals surface area contributed by atoms with E-state index in [1.165, 1.54) is 37.7 Å². The lowest BCUT2D eigenvalue weighted by Gasteiger charge is -2.23. The molecule has 1 aromatic heterocycles. The average Bonchev–Trinajstić information content (AvgIpc) is 3.11.